The van der Waals surface area contributed by atoms with Crippen LogP contribution >= 0.6 is 11.6 Å². The van der Waals surface area contributed by atoms with E-state index >= 15 is 0 Å². The van der Waals surface area contributed by atoms with Gasteiger partial charge in [-0.1, -0.05) is 17.7 Å². The third-order valence-corrected chi connectivity index (χ3v) is 4.09. The van der Waals surface area contributed by atoms with Crippen LogP contribution in [0.25, 0.3) is 10.9 Å². The van der Waals surface area contributed by atoms with Gasteiger partial charge in [-0.25, -0.2) is 0 Å². The van der Waals surface area contributed by atoms with E-state index in [0.717, 1.165) is 60.9 Å². The molecule has 0 aliphatic carbocycles. The van der Waals surface area contributed by atoms with E-state index in [0.29, 0.717) is 0 Å². The number of halogens is 1. The number of ether oxygens (including phenoxy) is 1. The van der Waals surface area contributed by atoms with Crippen LogP contribution in [0.4, 0.5) is 0 Å². The molecule has 4 nitrogen and oxygen atoms in total. The summed E-state index contributed by atoms with van der Waals surface area (Å²) in [6.07, 6.45) is 2.03. The van der Waals surface area contributed by atoms with Crippen molar-refractivity contribution < 1.29 is 9.84 Å². The highest BCUT2D eigenvalue weighted by molar-refractivity contribution is 6.31. The van der Waals surface area contributed by atoms with Gasteiger partial charge in [-0.3, -0.25) is 4.90 Å². The van der Waals surface area contributed by atoms with Crippen molar-refractivity contribution in [1.82, 2.24) is 9.47 Å². The molecule has 0 unspecified atom stereocenters. The zero-order valence-corrected chi connectivity index (χ0v) is 12.1. The van der Waals surface area contributed by atoms with Crippen LogP contribution in [-0.2, 0) is 17.9 Å². The smallest absolute Gasteiger partial charge is 0.0702 e. The van der Waals surface area contributed by atoms with Gasteiger partial charge in [0.15, 0.2) is 0 Å². The summed E-state index contributed by atoms with van der Waals surface area (Å²) >= 11 is 6.09. The molecule has 1 aromatic carbocycles. The zero-order chi connectivity index (χ0) is 13.9. The first-order valence-electron chi connectivity index (χ1n) is 6.96. The lowest BCUT2D eigenvalue weighted by Gasteiger charge is -2.26. The Morgan fingerprint density at radius 3 is 2.75 bits per heavy atom. The Bertz CT molecular complexity index is 591. The fourth-order valence-electron chi connectivity index (χ4n) is 2.73. The number of aliphatic hydroxyl groups is 1. The molecule has 1 fully saturated rings. The van der Waals surface area contributed by atoms with E-state index in [1.807, 2.05) is 24.4 Å². The van der Waals surface area contributed by atoms with E-state index in [2.05, 4.69) is 9.47 Å². The summed E-state index contributed by atoms with van der Waals surface area (Å²) in [5, 5.41) is 11.3. The van der Waals surface area contributed by atoms with Crippen LogP contribution in [0.15, 0.2) is 24.4 Å². The molecule has 0 bridgehead atoms. The summed E-state index contributed by atoms with van der Waals surface area (Å²) in [5.74, 6) is 0. The van der Waals surface area contributed by atoms with Crippen molar-refractivity contribution in [2.75, 3.05) is 32.8 Å². The Kier molecular flexibility index (Phi) is 4.27. The first-order valence-corrected chi connectivity index (χ1v) is 7.34. The monoisotopic (exact) mass is 294 g/mol. The van der Waals surface area contributed by atoms with Crippen LogP contribution in [0.1, 0.15) is 5.56 Å². The number of aromatic nitrogens is 1. The second-order valence-electron chi connectivity index (χ2n) is 5.12. The molecule has 1 aliphatic rings. The molecule has 0 radical (unpaired) electrons. The fraction of sp³-hybridized carbons (Fsp3) is 0.467. The van der Waals surface area contributed by atoms with E-state index < -0.39 is 0 Å². The summed E-state index contributed by atoms with van der Waals surface area (Å²) in [6, 6.07) is 5.82. The Balaban J connectivity index is 1.81. The molecular weight excluding hydrogens is 276 g/mol. The van der Waals surface area contributed by atoms with E-state index in [4.69, 9.17) is 16.3 Å². The first-order chi connectivity index (χ1) is 9.78. The largest absolute Gasteiger partial charge is 0.392 e. The number of hydrogen-bond donors (Lipinski definition) is 1. The number of aliphatic hydroxyl groups excluding tert-OH is 1. The van der Waals surface area contributed by atoms with Gasteiger partial charge in [0.25, 0.3) is 0 Å². The van der Waals surface area contributed by atoms with E-state index in [9.17, 15) is 5.11 Å². The Hall–Kier alpha value is -1.07. The highest BCUT2D eigenvalue weighted by atomic mass is 35.5. The van der Waals surface area contributed by atoms with Gasteiger partial charge < -0.3 is 14.4 Å². The standard InChI is InChI=1S/C15H19ClN2O2/c16-13-1-2-14-12(11-19)10-18(15(14)9-13)4-3-17-5-7-20-8-6-17/h1-2,9-10,19H,3-8,11H2. The maximum atomic E-state index is 9.46. The lowest BCUT2D eigenvalue weighted by molar-refractivity contribution is 0.0365. The SMILES string of the molecule is OCc1cn(CCN2CCOCC2)c2cc(Cl)ccc12. The lowest BCUT2D eigenvalue weighted by Crippen LogP contribution is -2.38. The molecule has 1 aromatic heterocycles. The molecule has 2 aromatic rings. The molecule has 1 aliphatic heterocycles. The molecule has 20 heavy (non-hydrogen) atoms. The third kappa shape index (κ3) is 2.83. The highest BCUT2D eigenvalue weighted by Gasteiger charge is 2.12. The highest BCUT2D eigenvalue weighted by Crippen LogP contribution is 2.25. The molecule has 1 saturated heterocycles. The van der Waals surface area contributed by atoms with Crippen LogP contribution in [-0.4, -0.2) is 47.4 Å². The van der Waals surface area contributed by atoms with E-state index in [-0.39, 0.29) is 6.61 Å². The number of rotatable bonds is 4. The van der Waals surface area contributed by atoms with Crippen molar-refractivity contribution in [2.24, 2.45) is 0 Å². The van der Waals surface area contributed by atoms with Crippen LogP contribution in [0.3, 0.4) is 0 Å². The summed E-state index contributed by atoms with van der Waals surface area (Å²) in [5.41, 5.74) is 2.05. The van der Waals surface area contributed by atoms with Gasteiger partial charge in [-0.05, 0) is 12.1 Å². The molecule has 0 atom stereocenters. The van der Waals surface area contributed by atoms with Crippen molar-refractivity contribution in [3.05, 3.63) is 35.0 Å². The molecule has 0 spiro atoms. The van der Waals surface area contributed by atoms with Crippen molar-refractivity contribution in [3.8, 4) is 0 Å². The number of fused-ring (bicyclic) bond motifs is 1. The van der Waals surface area contributed by atoms with Crippen LogP contribution in [0, 0.1) is 0 Å². The normalized spacial score (nSPS) is 16.9. The van der Waals surface area contributed by atoms with Crippen LogP contribution in [0.2, 0.25) is 5.02 Å². The summed E-state index contributed by atoms with van der Waals surface area (Å²) in [4.78, 5) is 2.40. The van der Waals surface area contributed by atoms with Gasteiger partial charge in [0, 0.05) is 53.9 Å². The van der Waals surface area contributed by atoms with Crippen molar-refractivity contribution in [2.45, 2.75) is 13.2 Å². The fourth-order valence-corrected chi connectivity index (χ4v) is 2.89. The first kappa shape index (κ1) is 13.9. The van der Waals surface area contributed by atoms with Gasteiger partial charge >= 0.3 is 0 Å². The second-order valence-corrected chi connectivity index (χ2v) is 5.56. The third-order valence-electron chi connectivity index (χ3n) is 3.86. The van der Waals surface area contributed by atoms with Gasteiger partial charge in [0.05, 0.1) is 19.8 Å². The molecule has 5 heteroatoms. The number of hydrogen-bond acceptors (Lipinski definition) is 3. The maximum absolute atomic E-state index is 9.46. The minimum Gasteiger partial charge on any atom is -0.392 e. The Labute approximate surface area is 123 Å². The minimum absolute atomic E-state index is 0.0582. The Morgan fingerprint density at radius 1 is 1.20 bits per heavy atom. The zero-order valence-electron chi connectivity index (χ0n) is 11.4. The van der Waals surface area contributed by atoms with Crippen molar-refractivity contribution in [1.29, 1.82) is 0 Å². The molecule has 2 heterocycles. The summed E-state index contributed by atoms with van der Waals surface area (Å²) in [6.45, 7) is 5.57. The second kappa shape index (κ2) is 6.14. The van der Waals surface area contributed by atoms with Crippen LogP contribution < -0.4 is 0 Å². The number of morpholine rings is 1. The number of nitrogens with zero attached hydrogens (tertiary/aromatic N) is 2. The maximum Gasteiger partial charge on any atom is 0.0702 e. The Morgan fingerprint density at radius 2 is 2.00 bits per heavy atom. The average molecular weight is 295 g/mol. The van der Waals surface area contributed by atoms with Gasteiger partial charge in [-0.15, -0.1) is 0 Å². The quantitative estimate of drug-likeness (QED) is 0.938. The predicted octanol–water partition coefficient (Wildman–Crippen LogP) is 2.12. The van der Waals surface area contributed by atoms with Gasteiger partial charge in [0.1, 0.15) is 0 Å². The van der Waals surface area contributed by atoms with E-state index in [1.165, 1.54) is 0 Å². The molecule has 108 valence electrons. The molecule has 0 saturated carbocycles. The molecule has 1 N–H and O–H groups in total. The van der Waals surface area contributed by atoms with Crippen molar-refractivity contribution >= 4 is 22.5 Å². The van der Waals surface area contributed by atoms with Gasteiger partial charge in [-0.2, -0.15) is 0 Å². The number of benzene rings is 1. The molecule has 3 rings (SSSR count). The summed E-state index contributed by atoms with van der Waals surface area (Å²) in [7, 11) is 0. The van der Waals surface area contributed by atoms with Gasteiger partial charge in [0.2, 0.25) is 0 Å². The lowest BCUT2D eigenvalue weighted by atomic mass is 10.2. The van der Waals surface area contributed by atoms with Crippen molar-refractivity contribution in [3.63, 3.8) is 0 Å². The topological polar surface area (TPSA) is 37.6 Å². The van der Waals surface area contributed by atoms with E-state index in [1.54, 1.807) is 0 Å². The average Bonchev–Trinajstić information content (AvgIpc) is 2.83. The summed E-state index contributed by atoms with van der Waals surface area (Å²) < 4.78 is 7.54. The molecular formula is C15H19ClN2O2. The van der Waals surface area contributed by atoms with Crippen LogP contribution in [0.5, 0.6) is 0 Å². The molecule has 0 amide bonds. The predicted molar refractivity (Wildman–Crippen MR) is 80.1 cm³/mol. The minimum atomic E-state index is 0.0582.